The first kappa shape index (κ1) is 14.5. The van der Waals surface area contributed by atoms with Crippen molar-refractivity contribution in [2.45, 2.75) is 13.8 Å². The van der Waals surface area contributed by atoms with Crippen molar-refractivity contribution < 1.29 is 0 Å². The Bertz CT molecular complexity index is 865. The molecule has 0 radical (unpaired) electrons. The fourth-order valence-corrected chi connectivity index (χ4v) is 2.17. The van der Waals surface area contributed by atoms with Crippen LogP contribution in [0.25, 0.3) is 11.3 Å². The Hall–Kier alpha value is -3.47. The number of aromatic nitrogens is 6. The number of allylic oxidation sites excluding steroid dienone is 1. The fraction of sp³-hybridized carbons (Fsp3) is 0.133. The summed E-state index contributed by atoms with van der Waals surface area (Å²) in [7, 11) is 0. The van der Waals surface area contributed by atoms with E-state index in [0.717, 1.165) is 22.8 Å². The lowest BCUT2D eigenvalue weighted by Gasteiger charge is -2.06. The zero-order chi connectivity index (χ0) is 16.2. The monoisotopic (exact) mass is 306 g/mol. The van der Waals surface area contributed by atoms with Crippen molar-refractivity contribution in [3.8, 4) is 11.8 Å². The molecule has 0 bridgehead atoms. The molecule has 0 aliphatic heterocycles. The SMILES string of the molecule is Cc1cc(C)n(-c2ccc(NC=C(C#N)c3nn[nH]n3)cc2)n1. The number of aryl methyl sites for hydroxylation is 2. The van der Waals surface area contributed by atoms with Crippen LogP contribution in [0.5, 0.6) is 0 Å². The summed E-state index contributed by atoms with van der Waals surface area (Å²) in [5.41, 5.74) is 4.16. The van der Waals surface area contributed by atoms with Gasteiger partial charge in [0.15, 0.2) is 0 Å². The second-order valence-corrected chi connectivity index (χ2v) is 4.94. The Balaban J connectivity index is 1.78. The minimum atomic E-state index is 0.249. The van der Waals surface area contributed by atoms with E-state index >= 15 is 0 Å². The highest BCUT2D eigenvalue weighted by atomic mass is 15.5. The van der Waals surface area contributed by atoms with Crippen molar-refractivity contribution in [3.63, 3.8) is 0 Å². The molecule has 0 amide bonds. The molecule has 8 heteroatoms. The summed E-state index contributed by atoms with van der Waals surface area (Å²) in [5, 5.41) is 29.9. The third-order valence-electron chi connectivity index (χ3n) is 3.21. The summed E-state index contributed by atoms with van der Waals surface area (Å²) >= 11 is 0. The lowest BCUT2D eigenvalue weighted by atomic mass is 10.2. The number of nitrogens with zero attached hydrogens (tertiary/aromatic N) is 6. The van der Waals surface area contributed by atoms with Crippen LogP contribution in [-0.4, -0.2) is 30.4 Å². The third-order valence-corrected chi connectivity index (χ3v) is 3.21. The van der Waals surface area contributed by atoms with Gasteiger partial charge in [0.05, 0.1) is 11.4 Å². The average Bonchev–Trinajstić information content (AvgIpc) is 3.19. The molecule has 0 saturated heterocycles. The largest absolute Gasteiger partial charge is 0.360 e. The van der Waals surface area contributed by atoms with Crippen LogP contribution in [0.3, 0.4) is 0 Å². The van der Waals surface area contributed by atoms with Gasteiger partial charge in [-0.25, -0.2) is 4.68 Å². The fourth-order valence-electron chi connectivity index (χ4n) is 2.17. The second kappa shape index (κ2) is 6.11. The highest BCUT2D eigenvalue weighted by molar-refractivity contribution is 5.74. The van der Waals surface area contributed by atoms with Crippen molar-refractivity contribution in [2.75, 3.05) is 5.32 Å². The molecule has 3 rings (SSSR count). The molecule has 0 aliphatic carbocycles. The first-order valence-electron chi connectivity index (χ1n) is 6.91. The third kappa shape index (κ3) is 3.08. The summed E-state index contributed by atoms with van der Waals surface area (Å²) in [4.78, 5) is 0. The van der Waals surface area contributed by atoms with Gasteiger partial charge in [-0.2, -0.15) is 15.6 Å². The molecule has 23 heavy (non-hydrogen) atoms. The number of nitriles is 1. The van der Waals surface area contributed by atoms with Crippen LogP contribution in [0, 0.1) is 25.2 Å². The van der Waals surface area contributed by atoms with Gasteiger partial charge in [-0.3, -0.25) is 0 Å². The van der Waals surface area contributed by atoms with Gasteiger partial charge in [0.25, 0.3) is 0 Å². The number of nitrogens with one attached hydrogen (secondary N) is 2. The molecular weight excluding hydrogens is 292 g/mol. The Morgan fingerprint density at radius 1 is 1.30 bits per heavy atom. The first-order valence-corrected chi connectivity index (χ1v) is 6.91. The lowest BCUT2D eigenvalue weighted by Crippen LogP contribution is -1.99. The van der Waals surface area contributed by atoms with Crippen LogP contribution in [0.4, 0.5) is 5.69 Å². The standard InChI is InChI=1S/C15H14N8/c1-10-7-11(2)23(20-10)14-5-3-13(4-6-14)17-9-12(8-16)15-18-21-22-19-15/h3-7,9,17H,1-2H3,(H,18,19,21,22). The van der Waals surface area contributed by atoms with Crippen molar-refractivity contribution in [2.24, 2.45) is 0 Å². The van der Waals surface area contributed by atoms with Crippen LogP contribution in [0.1, 0.15) is 17.2 Å². The van der Waals surface area contributed by atoms with E-state index in [4.69, 9.17) is 5.26 Å². The van der Waals surface area contributed by atoms with E-state index in [2.05, 4.69) is 31.0 Å². The van der Waals surface area contributed by atoms with E-state index in [0.29, 0.717) is 5.57 Å². The summed E-state index contributed by atoms with van der Waals surface area (Å²) in [6, 6.07) is 11.8. The lowest BCUT2D eigenvalue weighted by molar-refractivity contribution is 0.834. The first-order chi connectivity index (χ1) is 11.2. The number of tetrazole rings is 1. The number of hydrogen-bond acceptors (Lipinski definition) is 6. The van der Waals surface area contributed by atoms with Gasteiger partial charge in [-0.05, 0) is 49.4 Å². The van der Waals surface area contributed by atoms with Gasteiger partial charge >= 0.3 is 0 Å². The molecule has 0 atom stereocenters. The summed E-state index contributed by atoms with van der Waals surface area (Å²) in [6.45, 7) is 3.98. The number of hydrogen-bond donors (Lipinski definition) is 2. The minimum Gasteiger partial charge on any atom is -0.360 e. The molecule has 0 saturated carbocycles. The average molecular weight is 306 g/mol. The van der Waals surface area contributed by atoms with Gasteiger partial charge in [-0.1, -0.05) is 0 Å². The van der Waals surface area contributed by atoms with Crippen LogP contribution >= 0.6 is 0 Å². The molecule has 0 fully saturated rings. The highest BCUT2D eigenvalue weighted by Crippen LogP contribution is 2.16. The maximum absolute atomic E-state index is 9.11. The van der Waals surface area contributed by atoms with E-state index in [-0.39, 0.29) is 5.82 Å². The van der Waals surface area contributed by atoms with Crippen molar-refractivity contribution >= 4 is 11.3 Å². The predicted molar refractivity (Wildman–Crippen MR) is 84.4 cm³/mol. The highest BCUT2D eigenvalue weighted by Gasteiger charge is 2.06. The topological polar surface area (TPSA) is 108 Å². The van der Waals surface area contributed by atoms with Crippen molar-refractivity contribution in [1.29, 1.82) is 5.26 Å². The predicted octanol–water partition coefficient (Wildman–Crippen LogP) is 1.98. The number of anilines is 1. The van der Waals surface area contributed by atoms with E-state index in [1.807, 2.05) is 54.9 Å². The minimum absolute atomic E-state index is 0.249. The van der Waals surface area contributed by atoms with Crippen LogP contribution < -0.4 is 5.32 Å². The zero-order valence-corrected chi connectivity index (χ0v) is 12.6. The molecule has 2 aromatic heterocycles. The molecule has 8 nitrogen and oxygen atoms in total. The van der Waals surface area contributed by atoms with Crippen LogP contribution in [-0.2, 0) is 0 Å². The maximum atomic E-state index is 9.11. The molecular formula is C15H14N8. The van der Waals surface area contributed by atoms with Gasteiger partial charge in [0.2, 0.25) is 5.82 Å². The molecule has 114 valence electrons. The Morgan fingerprint density at radius 3 is 2.65 bits per heavy atom. The number of H-pyrrole nitrogens is 1. The second-order valence-electron chi connectivity index (χ2n) is 4.94. The molecule has 2 N–H and O–H groups in total. The van der Waals surface area contributed by atoms with Crippen molar-refractivity contribution in [1.82, 2.24) is 30.4 Å². The quantitative estimate of drug-likeness (QED) is 0.713. The maximum Gasteiger partial charge on any atom is 0.216 e. The molecule has 0 unspecified atom stereocenters. The molecule has 0 aliphatic rings. The molecule has 1 aromatic carbocycles. The van der Waals surface area contributed by atoms with Gasteiger partial charge in [0.1, 0.15) is 11.6 Å². The van der Waals surface area contributed by atoms with Crippen LogP contribution in [0.15, 0.2) is 36.5 Å². The van der Waals surface area contributed by atoms with E-state index in [1.54, 1.807) is 6.20 Å². The number of aromatic amines is 1. The van der Waals surface area contributed by atoms with Gasteiger partial charge < -0.3 is 5.32 Å². The van der Waals surface area contributed by atoms with E-state index in [1.165, 1.54) is 0 Å². The van der Waals surface area contributed by atoms with Gasteiger partial charge in [0, 0.05) is 17.6 Å². The zero-order valence-electron chi connectivity index (χ0n) is 12.6. The summed E-state index contributed by atoms with van der Waals surface area (Å²) in [5.74, 6) is 0.249. The smallest absolute Gasteiger partial charge is 0.216 e. The Kier molecular flexibility index (Phi) is 3.84. The van der Waals surface area contributed by atoms with E-state index < -0.39 is 0 Å². The summed E-state index contributed by atoms with van der Waals surface area (Å²) < 4.78 is 1.88. The molecule has 2 heterocycles. The Morgan fingerprint density at radius 2 is 2.09 bits per heavy atom. The molecule has 0 spiro atoms. The van der Waals surface area contributed by atoms with E-state index in [9.17, 15) is 0 Å². The van der Waals surface area contributed by atoms with Gasteiger partial charge in [-0.15, -0.1) is 10.2 Å². The normalized spacial score (nSPS) is 11.3. The summed E-state index contributed by atoms with van der Waals surface area (Å²) in [6.07, 6.45) is 1.54. The number of benzene rings is 1. The number of rotatable bonds is 4. The Labute approximate surface area is 132 Å². The van der Waals surface area contributed by atoms with Crippen LogP contribution in [0.2, 0.25) is 0 Å². The van der Waals surface area contributed by atoms with Crippen molar-refractivity contribution in [3.05, 3.63) is 53.7 Å². The molecule has 3 aromatic rings.